The van der Waals surface area contributed by atoms with Gasteiger partial charge in [0, 0.05) is 0 Å². The van der Waals surface area contributed by atoms with E-state index in [0.29, 0.717) is 5.76 Å². The molecule has 1 aromatic heterocycles. The summed E-state index contributed by atoms with van der Waals surface area (Å²) in [5, 5.41) is 2.81. The number of amides is 1. The Labute approximate surface area is 145 Å². The molecule has 4 rings (SSSR count). The highest BCUT2D eigenvalue weighted by atomic mass is 16.9. The average molecular weight is 353 g/mol. The van der Waals surface area contributed by atoms with Crippen molar-refractivity contribution in [3.63, 3.8) is 0 Å². The predicted octanol–water partition coefficient (Wildman–Crippen LogP) is 1.29. The lowest BCUT2D eigenvalue weighted by atomic mass is 9.98. The zero-order chi connectivity index (χ0) is 17.8. The van der Waals surface area contributed by atoms with Gasteiger partial charge in [0.05, 0.1) is 12.8 Å². The van der Waals surface area contributed by atoms with Gasteiger partial charge < -0.3 is 33.4 Å². The SMILES string of the molecule is CC1(C)O[C@H]2[C@@H](O1)[C@@H](C(=O)NCc1ccco1)O[C@@H]1OC(C)(C)O[C@@H]12. The quantitative estimate of drug-likeness (QED) is 0.876. The fraction of sp³-hybridized carbons (Fsp3) is 0.706. The van der Waals surface area contributed by atoms with E-state index in [-0.39, 0.29) is 12.5 Å². The number of fused-ring (bicyclic) bond motifs is 3. The van der Waals surface area contributed by atoms with Crippen molar-refractivity contribution in [2.24, 2.45) is 0 Å². The monoisotopic (exact) mass is 353 g/mol. The highest BCUT2D eigenvalue weighted by Crippen LogP contribution is 2.44. The molecule has 1 N–H and O–H groups in total. The minimum atomic E-state index is -0.861. The fourth-order valence-electron chi connectivity index (χ4n) is 3.51. The molecule has 0 aliphatic carbocycles. The molecule has 3 aliphatic heterocycles. The van der Waals surface area contributed by atoms with Crippen molar-refractivity contribution in [3.8, 4) is 0 Å². The molecule has 8 nitrogen and oxygen atoms in total. The number of furan rings is 1. The first kappa shape index (κ1) is 17.0. The van der Waals surface area contributed by atoms with Gasteiger partial charge >= 0.3 is 0 Å². The van der Waals surface area contributed by atoms with Gasteiger partial charge in [-0.25, -0.2) is 0 Å². The van der Waals surface area contributed by atoms with Gasteiger partial charge in [0.25, 0.3) is 5.91 Å². The van der Waals surface area contributed by atoms with Crippen LogP contribution < -0.4 is 5.32 Å². The molecule has 8 heteroatoms. The first-order valence-corrected chi connectivity index (χ1v) is 8.41. The molecular weight excluding hydrogens is 330 g/mol. The maximum absolute atomic E-state index is 12.7. The van der Waals surface area contributed by atoms with Crippen LogP contribution in [-0.4, -0.2) is 48.2 Å². The summed E-state index contributed by atoms with van der Waals surface area (Å²) in [6.07, 6.45) is -1.47. The second kappa shape index (κ2) is 5.78. The second-order valence-electron chi connectivity index (χ2n) is 7.39. The fourth-order valence-corrected chi connectivity index (χ4v) is 3.51. The summed E-state index contributed by atoms with van der Waals surface area (Å²) in [5.74, 6) is -1.29. The molecule has 0 bridgehead atoms. The smallest absolute Gasteiger partial charge is 0.252 e. The van der Waals surface area contributed by atoms with Crippen molar-refractivity contribution in [1.29, 1.82) is 0 Å². The summed E-state index contributed by atoms with van der Waals surface area (Å²) in [5.41, 5.74) is 0. The van der Waals surface area contributed by atoms with Gasteiger partial charge in [-0.15, -0.1) is 0 Å². The number of nitrogens with one attached hydrogen (secondary N) is 1. The van der Waals surface area contributed by atoms with Crippen LogP contribution in [0.1, 0.15) is 33.5 Å². The first-order valence-electron chi connectivity index (χ1n) is 8.41. The third-order valence-corrected chi connectivity index (χ3v) is 4.43. The highest BCUT2D eigenvalue weighted by Gasteiger charge is 2.62. The Morgan fingerprint density at radius 3 is 2.44 bits per heavy atom. The van der Waals surface area contributed by atoms with Crippen molar-refractivity contribution in [3.05, 3.63) is 24.2 Å². The van der Waals surface area contributed by atoms with Crippen LogP contribution in [0.15, 0.2) is 22.8 Å². The molecule has 0 saturated carbocycles. The van der Waals surface area contributed by atoms with E-state index in [1.54, 1.807) is 46.1 Å². The summed E-state index contributed by atoms with van der Waals surface area (Å²) in [6, 6.07) is 3.55. The first-order chi connectivity index (χ1) is 11.7. The summed E-state index contributed by atoms with van der Waals surface area (Å²) >= 11 is 0. The van der Waals surface area contributed by atoms with Crippen LogP contribution in [0.5, 0.6) is 0 Å². The van der Waals surface area contributed by atoms with E-state index in [2.05, 4.69) is 5.32 Å². The average Bonchev–Trinajstić information content (AvgIpc) is 3.19. The van der Waals surface area contributed by atoms with Crippen LogP contribution in [-0.2, 0) is 35.0 Å². The lowest BCUT2D eigenvalue weighted by molar-refractivity contribution is -0.231. The van der Waals surface area contributed by atoms with Gasteiger partial charge in [0.15, 0.2) is 24.0 Å². The molecule has 5 atom stereocenters. The zero-order valence-corrected chi connectivity index (χ0v) is 14.7. The Kier molecular flexibility index (Phi) is 3.93. The molecule has 25 heavy (non-hydrogen) atoms. The van der Waals surface area contributed by atoms with Crippen molar-refractivity contribution < 1.29 is 32.9 Å². The molecule has 0 unspecified atom stereocenters. The lowest BCUT2D eigenvalue weighted by Gasteiger charge is -2.36. The number of carbonyl (C=O) groups excluding carboxylic acids is 1. The largest absolute Gasteiger partial charge is 0.467 e. The number of hydrogen-bond acceptors (Lipinski definition) is 7. The van der Waals surface area contributed by atoms with E-state index >= 15 is 0 Å². The summed E-state index contributed by atoms with van der Waals surface area (Å²) in [6.45, 7) is 7.48. The van der Waals surface area contributed by atoms with E-state index in [0.717, 1.165) is 0 Å². The van der Waals surface area contributed by atoms with E-state index in [1.807, 2.05) is 0 Å². The van der Waals surface area contributed by atoms with Gasteiger partial charge in [-0.2, -0.15) is 0 Å². The Hall–Kier alpha value is -1.45. The van der Waals surface area contributed by atoms with E-state index in [9.17, 15) is 4.79 Å². The van der Waals surface area contributed by atoms with Crippen molar-refractivity contribution >= 4 is 5.91 Å². The minimum absolute atomic E-state index is 0.268. The van der Waals surface area contributed by atoms with Gasteiger partial charge in [-0.05, 0) is 39.8 Å². The third kappa shape index (κ3) is 3.20. The molecule has 138 valence electrons. The molecule has 1 aromatic rings. The topological polar surface area (TPSA) is 88.4 Å². The van der Waals surface area contributed by atoms with Crippen LogP contribution in [0.4, 0.5) is 0 Å². The van der Waals surface area contributed by atoms with Crippen LogP contribution >= 0.6 is 0 Å². The van der Waals surface area contributed by atoms with Crippen molar-refractivity contribution in [2.45, 2.75) is 76.5 Å². The van der Waals surface area contributed by atoms with Crippen LogP contribution in [0.2, 0.25) is 0 Å². The summed E-state index contributed by atoms with van der Waals surface area (Å²) in [7, 11) is 0. The van der Waals surface area contributed by atoms with E-state index in [1.165, 1.54) is 0 Å². The molecule has 3 fully saturated rings. The molecular formula is C17H23NO7. The maximum atomic E-state index is 12.7. The number of rotatable bonds is 3. The molecule has 0 spiro atoms. The van der Waals surface area contributed by atoms with Gasteiger partial charge in [0.1, 0.15) is 24.1 Å². The van der Waals surface area contributed by atoms with E-state index in [4.69, 9.17) is 28.1 Å². The molecule has 1 amide bonds. The second-order valence-corrected chi connectivity index (χ2v) is 7.39. The van der Waals surface area contributed by atoms with Gasteiger partial charge in [-0.1, -0.05) is 0 Å². The van der Waals surface area contributed by atoms with Crippen LogP contribution in [0, 0.1) is 0 Å². The van der Waals surface area contributed by atoms with Gasteiger partial charge in [-0.3, -0.25) is 4.79 Å². The van der Waals surface area contributed by atoms with Crippen LogP contribution in [0.25, 0.3) is 0 Å². The normalized spacial score (nSPS) is 38.2. The lowest BCUT2D eigenvalue weighted by Crippen LogP contribution is -2.59. The summed E-state index contributed by atoms with van der Waals surface area (Å²) in [4.78, 5) is 12.7. The number of hydrogen-bond donors (Lipinski definition) is 1. The van der Waals surface area contributed by atoms with Crippen LogP contribution in [0.3, 0.4) is 0 Å². The maximum Gasteiger partial charge on any atom is 0.252 e. The third-order valence-electron chi connectivity index (χ3n) is 4.43. The molecule has 3 aliphatic rings. The van der Waals surface area contributed by atoms with E-state index < -0.39 is 42.3 Å². The molecule has 0 radical (unpaired) electrons. The summed E-state index contributed by atoms with van der Waals surface area (Å²) < 4.78 is 34.7. The highest BCUT2D eigenvalue weighted by molar-refractivity contribution is 5.81. The Morgan fingerprint density at radius 2 is 1.72 bits per heavy atom. The number of carbonyl (C=O) groups is 1. The Morgan fingerprint density at radius 1 is 1.04 bits per heavy atom. The Bertz CT molecular complexity index is 641. The molecule has 3 saturated heterocycles. The van der Waals surface area contributed by atoms with Crippen molar-refractivity contribution in [2.75, 3.05) is 0 Å². The predicted molar refractivity (Wildman–Crippen MR) is 83.1 cm³/mol. The zero-order valence-electron chi connectivity index (χ0n) is 14.7. The van der Waals surface area contributed by atoms with Crippen molar-refractivity contribution in [1.82, 2.24) is 5.32 Å². The minimum Gasteiger partial charge on any atom is -0.467 e. The molecule has 4 heterocycles. The number of ether oxygens (including phenoxy) is 5. The Balaban J connectivity index is 1.52. The molecule has 0 aromatic carbocycles. The van der Waals surface area contributed by atoms with Gasteiger partial charge in [0.2, 0.25) is 0 Å². The standard InChI is InChI=1S/C17H23NO7/c1-16(2)22-10-11(23-16)13-15(25-17(3,4)24-13)21-12(10)14(19)18-8-9-6-5-7-20-9/h5-7,10-13,15H,8H2,1-4H3,(H,18,19)/t10-,11+,12+,13-,15-/m1/s1.